The molecule has 1 fully saturated rings. The molecule has 0 unspecified atom stereocenters. The smallest absolute Gasteiger partial charge is 0.227 e. The van der Waals surface area contributed by atoms with Crippen LogP contribution in [0, 0.1) is 12.8 Å². The molecule has 0 atom stereocenters. The van der Waals surface area contributed by atoms with Gasteiger partial charge in [0.2, 0.25) is 5.91 Å². The first-order valence-electron chi connectivity index (χ1n) is 7.11. The van der Waals surface area contributed by atoms with Gasteiger partial charge in [0.25, 0.3) is 0 Å². The Kier molecular flexibility index (Phi) is 5.46. The van der Waals surface area contributed by atoms with Gasteiger partial charge in [-0.2, -0.15) is 4.68 Å². The Morgan fingerprint density at radius 3 is 2.82 bits per heavy atom. The molecule has 0 spiro atoms. The number of hydrogen-bond acceptors (Lipinski definition) is 5. The number of hydrogen-bond donors (Lipinski definition) is 2. The highest BCUT2D eigenvalue weighted by Crippen LogP contribution is 2.18. The molecule has 1 aromatic heterocycles. The monoisotopic (exact) mass is 322 g/mol. The van der Waals surface area contributed by atoms with Crippen LogP contribution in [0.25, 0.3) is 5.69 Å². The number of tetrazole rings is 1. The van der Waals surface area contributed by atoms with E-state index < -0.39 is 0 Å². The highest BCUT2D eigenvalue weighted by Gasteiger charge is 2.20. The van der Waals surface area contributed by atoms with Gasteiger partial charge in [0.05, 0.1) is 5.69 Å². The van der Waals surface area contributed by atoms with E-state index in [0.29, 0.717) is 5.82 Å². The first kappa shape index (κ1) is 16.4. The van der Waals surface area contributed by atoms with Crippen LogP contribution in [0.5, 0.6) is 0 Å². The molecule has 1 aliphatic rings. The van der Waals surface area contributed by atoms with Crippen molar-refractivity contribution in [3.63, 3.8) is 0 Å². The van der Waals surface area contributed by atoms with Gasteiger partial charge in [0, 0.05) is 11.6 Å². The Balaban J connectivity index is 0.00000176. The van der Waals surface area contributed by atoms with E-state index in [0.717, 1.165) is 37.3 Å². The van der Waals surface area contributed by atoms with E-state index in [9.17, 15) is 4.79 Å². The number of carbonyl (C=O) groups excluding carboxylic acids is 1. The van der Waals surface area contributed by atoms with E-state index in [2.05, 4.69) is 26.2 Å². The molecule has 1 saturated heterocycles. The predicted octanol–water partition coefficient (Wildman–Crippen LogP) is 1.33. The van der Waals surface area contributed by atoms with Crippen molar-refractivity contribution in [1.82, 2.24) is 25.5 Å². The van der Waals surface area contributed by atoms with Crippen LogP contribution < -0.4 is 10.6 Å². The summed E-state index contributed by atoms with van der Waals surface area (Å²) in [4.78, 5) is 12.2. The normalized spacial score (nSPS) is 15.1. The van der Waals surface area contributed by atoms with Gasteiger partial charge in [-0.25, -0.2) is 0 Å². The second kappa shape index (κ2) is 7.33. The molecule has 2 aromatic rings. The lowest BCUT2D eigenvalue weighted by atomic mass is 9.97. The number of aromatic nitrogens is 4. The molecular weight excluding hydrogens is 304 g/mol. The summed E-state index contributed by atoms with van der Waals surface area (Å²) >= 11 is 0. The number of amides is 1. The van der Waals surface area contributed by atoms with Crippen LogP contribution in [0.15, 0.2) is 24.3 Å². The first-order valence-corrected chi connectivity index (χ1v) is 7.11. The van der Waals surface area contributed by atoms with E-state index in [1.807, 2.05) is 31.2 Å². The Hall–Kier alpha value is -1.99. The van der Waals surface area contributed by atoms with Crippen LogP contribution in [0.3, 0.4) is 0 Å². The van der Waals surface area contributed by atoms with Gasteiger partial charge in [-0.3, -0.25) is 4.79 Å². The average Bonchev–Trinajstić information content (AvgIpc) is 2.94. The van der Waals surface area contributed by atoms with Crippen LogP contribution in [0.4, 0.5) is 5.69 Å². The van der Waals surface area contributed by atoms with Crippen molar-refractivity contribution >= 4 is 24.0 Å². The number of rotatable bonds is 3. The summed E-state index contributed by atoms with van der Waals surface area (Å²) in [5.74, 6) is 0.878. The second-order valence-electron chi connectivity index (χ2n) is 5.20. The number of anilines is 1. The van der Waals surface area contributed by atoms with Gasteiger partial charge in [-0.15, -0.1) is 17.5 Å². The van der Waals surface area contributed by atoms with Crippen LogP contribution in [-0.4, -0.2) is 39.2 Å². The van der Waals surface area contributed by atoms with Crippen LogP contribution >= 0.6 is 12.4 Å². The molecule has 3 rings (SSSR count). The first-order chi connectivity index (χ1) is 10.2. The van der Waals surface area contributed by atoms with Crippen molar-refractivity contribution < 1.29 is 4.79 Å². The fourth-order valence-corrected chi connectivity index (χ4v) is 2.51. The van der Waals surface area contributed by atoms with Crippen LogP contribution in [0.2, 0.25) is 0 Å². The molecule has 1 aliphatic heterocycles. The van der Waals surface area contributed by atoms with Crippen LogP contribution in [0.1, 0.15) is 18.7 Å². The zero-order valence-electron chi connectivity index (χ0n) is 12.3. The maximum Gasteiger partial charge on any atom is 0.227 e. The Morgan fingerprint density at radius 1 is 1.36 bits per heavy atom. The molecule has 1 aromatic carbocycles. The lowest BCUT2D eigenvalue weighted by Gasteiger charge is -2.21. The SMILES string of the molecule is Cc1nnnn1-c1cccc(NC(=O)C2CCNCC2)c1.Cl. The van der Waals surface area contributed by atoms with Crippen LogP contribution in [-0.2, 0) is 4.79 Å². The van der Waals surface area contributed by atoms with Gasteiger partial charge in [0.1, 0.15) is 0 Å². The topological polar surface area (TPSA) is 84.7 Å². The summed E-state index contributed by atoms with van der Waals surface area (Å²) in [6, 6.07) is 7.54. The average molecular weight is 323 g/mol. The quantitative estimate of drug-likeness (QED) is 0.890. The molecule has 2 heterocycles. The molecule has 0 aliphatic carbocycles. The van der Waals surface area contributed by atoms with Gasteiger partial charge in [0.15, 0.2) is 5.82 Å². The Labute approximate surface area is 134 Å². The highest BCUT2D eigenvalue weighted by molar-refractivity contribution is 5.92. The van der Waals surface area contributed by atoms with Crippen molar-refractivity contribution in [3.05, 3.63) is 30.1 Å². The van der Waals surface area contributed by atoms with Crippen molar-refractivity contribution in [3.8, 4) is 5.69 Å². The molecule has 118 valence electrons. The number of benzene rings is 1. The van der Waals surface area contributed by atoms with Crippen molar-refractivity contribution in [2.24, 2.45) is 5.92 Å². The van der Waals surface area contributed by atoms with Crippen molar-refractivity contribution in [2.75, 3.05) is 18.4 Å². The summed E-state index contributed by atoms with van der Waals surface area (Å²) in [6.45, 7) is 3.64. The molecular formula is C14H19ClN6O. The van der Waals surface area contributed by atoms with E-state index >= 15 is 0 Å². The molecule has 8 heteroatoms. The molecule has 1 amide bonds. The lowest BCUT2D eigenvalue weighted by molar-refractivity contribution is -0.120. The summed E-state index contributed by atoms with van der Waals surface area (Å²) in [7, 11) is 0. The maximum absolute atomic E-state index is 12.2. The minimum Gasteiger partial charge on any atom is -0.326 e. The predicted molar refractivity (Wildman–Crippen MR) is 85.4 cm³/mol. The summed E-state index contributed by atoms with van der Waals surface area (Å²) < 4.78 is 1.64. The zero-order chi connectivity index (χ0) is 14.7. The van der Waals surface area contributed by atoms with Gasteiger partial charge in [-0.05, 0) is 61.5 Å². The largest absolute Gasteiger partial charge is 0.326 e. The Bertz CT molecular complexity index is 638. The lowest BCUT2D eigenvalue weighted by Crippen LogP contribution is -2.34. The van der Waals surface area contributed by atoms with E-state index in [1.165, 1.54) is 0 Å². The van der Waals surface area contributed by atoms with E-state index in [1.54, 1.807) is 4.68 Å². The molecule has 0 bridgehead atoms. The number of piperidine rings is 1. The Morgan fingerprint density at radius 2 is 2.14 bits per heavy atom. The number of nitrogens with zero attached hydrogens (tertiary/aromatic N) is 4. The summed E-state index contributed by atoms with van der Waals surface area (Å²) in [5, 5.41) is 17.7. The number of halogens is 1. The molecule has 0 radical (unpaired) electrons. The maximum atomic E-state index is 12.2. The van der Waals surface area contributed by atoms with E-state index in [-0.39, 0.29) is 24.2 Å². The van der Waals surface area contributed by atoms with Crippen molar-refractivity contribution in [1.29, 1.82) is 0 Å². The van der Waals surface area contributed by atoms with Gasteiger partial charge >= 0.3 is 0 Å². The zero-order valence-corrected chi connectivity index (χ0v) is 13.1. The molecule has 7 nitrogen and oxygen atoms in total. The third kappa shape index (κ3) is 3.61. The third-order valence-electron chi connectivity index (χ3n) is 3.69. The van der Waals surface area contributed by atoms with Gasteiger partial charge < -0.3 is 10.6 Å². The number of aryl methyl sites for hydroxylation is 1. The number of carbonyl (C=O) groups is 1. The number of nitrogens with one attached hydrogen (secondary N) is 2. The molecule has 0 saturated carbocycles. The van der Waals surface area contributed by atoms with Gasteiger partial charge in [-0.1, -0.05) is 6.07 Å². The highest BCUT2D eigenvalue weighted by atomic mass is 35.5. The minimum absolute atomic E-state index is 0. The summed E-state index contributed by atoms with van der Waals surface area (Å²) in [5.41, 5.74) is 1.60. The standard InChI is InChI=1S/C14H18N6O.ClH/c1-10-17-18-19-20(10)13-4-2-3-12(9-13)16-14(21)11-5-7-15-8-6-11;/h2-4,9,11,15H,5-8H2,1H3,(H,16,21);1H. The molecule has 22 heavy (non-hydrogen) atoms. The fourth-order valence-electron chi connectivity index (χ4n) is 2.51. The summed E-state index contributed by atoms with van der Waals surface area (Å²) in [6.07, 6.45) is 1.77. The fraction of sp³-hybridized carbons (Fsp3) is 0.429. The molecule has 2 N–H and O–H groups in total. The minimum atomic E-state index is 0. The second-order valence-corrected chi connectivity index (χ2v) is 5.20. The van der Waals surface area contributed by atoms with Crippen molar-refractivity contribution in [2.45, 2.75) is 19.8 Å². The van der Waals surface area contributed by atoms with E-state index in [4.69, 9.17) is 0 Å². The third-order valence-corrected chi connectivity index (χ3v) is 3.69.